The van der Waals surface area contributed by atoms with E-state index in [2.05, 4.69) is 4.90 Å². The number of hydrogen-bond acceptors (Lipinski definition) is 4. The number of rotatable bonds is 5. The Morgan fingerprint density at radius 3 is 2.78 bits per heavy atom. The van der Waals surface area contributed by atoms with E-state index in [0.717, 1.165) is 17.9 Å². The highest BCUT2D eigenvalue weighted by molar-refractivity contribution is 6.03. The summed E-state index contributed by atoms with van der Waals surface area (Å²) in [5.74, 6) is 0.724. The number of benzene rings is 1. The largest absolute Gasteiger partial charge is 0.491 e. The average molecular weight is 247 g/mol. The highest BCUT2D eigenvalue weighted by Gasteiger charge is 2.13. The van der Waals surface area contributed by atoms with Gasteiger partial charge in [0, 0.05) is 17.9 Å². The molecule has 0 aliphatic carbocycles. The SMILES string of the molecule is CC(=N)c1c(N)cccc1OCCN1CCCC1. The van der Waals surface area contributed by atoms with Gasteiger partial charge in [0.2, 0.25) is 0 Å². The maximum Gasteiger partial charge on any atom is 0.130 e. The van der Waals surface area contributed by atoms with Crippen molar-refractivity contribution in [3.63, 3.8) is 0 Å². The van der Waals surface area contributed by atoms with Crippen molar-refractivity contribution in [3.05, 3.63) is 23.8 Å². The Labute approximate surface area is 108 Å². The van der Waals surface area contributed by atoms with Crippen LogP contribution < -0.4 is 10.5 Å². The summed E-state index contributed by atoms with van der Waals surface area (Å²) < 4.78 is 5.78. The van der Waals surface area contributed by atoms with Gasteiger partial charge in [0.25, 0.3) is 0 Å². The fourth-order valence-corrected chi connectivity index (χ4v) is 2.36. The number of nitrogen functional groups attached to an aromatic ring is 1. The summed E-state index contributed by atoms with van der Waals surface area (Å²) in [5, 5.41) is 7.75. The van der Waals surface area contributed by atoms with Crippen molar-refractivity contribution >= 4 is 11.4 Å². The first-order valence-electron chi connectivity index (χ1n) is 6.47. The molecule has 4 nitrogen and oxygen atoms in total. The molecule has 0 amide bonds. The van der Waals surface area contributed by atoms with E-state index in [4.69, 9.17) is 15.9 Å². The summed E-state index contributed by atoms with van der Waals surface area (Å²) >= 11 is 0. The molecule has 1 aliphatic heterocycles. The van der Waals surface area contributed by atoms with Crippen LogP contribution in [0.4, 0.5) is 5.69 Å². The number of anilines is 1. The average Bonchev–Trinajstić information content (AvgIpc) is 2.81. The van der Waals surface area contributed by atoms with Crippen molar-refractivity contribution in [1.82, 2.24) is 4.90 Å². The van der Waals surface area contributed by atoms with Crippen molar-refractivity contribution in [2.24, 2.45) is 0 Å². The normalized spacial score (nSPS) is 15.8. The van der Waals surface area contributed by atoms with Gasteiger partial charge in [-0.1, -0.05) is 6.07 Å². The number of ether oxygens (including phenoxy) is 1. The first kappa shape index (κ1) is 12.9. The number of nitrogens with two attached hydrogens (primary N) is 1. The predicted octanol–water partition coefficient (Wildman–Crippen LogP) is 2.13. The zero-order valence-corrected chi connectivity index (χ0v) is 10.9. The van der Waals surface area contributed by atoms with E-state index >= 15 is 0 Å². The molecule has 1 aromatic carbocycles. The molecule has 1 aromatic rings. The smallest absolute Gasteiger partial charge is 0.130 e. The Hall–Kier alpha value is -1.55. The molecule has 0 radical (unpaired) electrons. The second-order valence-electron chi connectivity index (χ2n) is 4.74. The second-order valence-corrected chi connectivity index (χ2v) is 4.74. The molecule has 1 aliphatic rings. The summed E-state index contributed by atoms with van der Waals surface area (Å²) in [4.78, 5) is 2.41. The van der Waals surface area contributed by atoms with Crippen LogP contribution >= 0.6 is 0 Å². The summed E-state index contributed by atoms with van der Waals surface area (Å²) in [6, 6.07) is 5.56. The molecule has 0 unspecified atom stereocenters. The Morgan fingerprint density at radius 1 is 1.39 bits per heavy atom. The van der Waals surface area contributed by atoms with E-state index in [1.165, 1.54) is 25.9 Å². The van der Waals surface area contributed by atoms with E-state index in [9.17, 15) is 0 Å². The lowest BCUT2D eigenvalue weighted by Gasteiger charge is -2.17. The quantitative estimate of drug-likeness (QED) is 0.619. The third kappa shape index (κ3) is 3.01. The Balaban J connectivity index is 1.96. The van der Waals surface area contributed by atoms with E-state index in [-0.39, 0.29) is 0 Å². The molecule has 2 rings (SSSR count). The molecule has 0 bridgehead atoms. The van der Waals surface area contributed by atoms with Crippen LogP contribution in [0.15, 0.2) is 18.2 Å². The highest BCUT2D eigenvalue weighted by Crippen LogP contribution is 2.24. The molecule has 3 N–H and O–H groups in total. The van der Waals surface area contributed by atoms with Crippen LogP contribution in [-0.2, 0) is 0 Å². The fourth-order valence-electron chi connectivity index (χ4n) is 2.36. The maximum absolute atomic E-state index is 7.75. The molecular weight excluding hydrogens is 226 g/mol. The van der Waals surface area contributed by atoms with Crippen LogP contribution in [0.1, 0.15) is 25.3 Å². The zero-order valence-electron chi connectivity index (χ0n) is 10.9. The van der Waals surface area contributed by atoms with Gasteiger partial charge >= 0.3 is 0 Å². The summed E-state index contributed by atoms with van der Waals surface area (Å²) in [7, 11) is 0. The van der Waals surface area contributed by atoms with Crippen LogP contribution in [0, 0.1) is 5.41 Å². The second kappa shape index (κ2) is 5.87. The summed E-state index contributed by atoms with van der Waals surface area (Å²) in [5.41, 5.74) is 7.67. The molecule has 0 saturated carbocycles. The van der Waals surface area contributed by atoms with E-state index in [0.29, 0.717) is 18.0 Å². The lowest BCUT2D eigenvalue weighted by atomic mass is 10.1. The van der Waals surface area contributed by atoms with Crippen LogP contribution in [0.2, 0.25) is 0 Å². The van der Waals surface area contributed by atoms with Crippen LogP contribution in [0.5, 0.6) is 5.75 Å². The van der Waals surface area contributed by atoms with Gasteiger partial charge in [0.1, 0.15) is 12.4 Å². The Kier molecular flexibility index (Phi) is 4.20. The van der Waals surface area contributed by atoms with Gasteiger partial charge in [-0.25, -0.2) is 0 Å². The number of nitrogens with zero attached hydrogens (tertiary/aromatic N) is 1. The molecule has 1 saturated heterocycles. The van der Waals surface area contributed by atoms with Crippen LogP contribution in [0.25, 0.3) is 0 Å². The minimum atomic E-state index is 0.448. The minimum absolute atomic E-state index is 0.448. The summed E-state index contributed by atoms with van der Waals surface area (Å²) in [6.45, 7) is 5.70. The van der Waals surface area contributed by atoms with Gasteiger partial charge in [-0.3, -0.25) is 4.90 Å². The molecule has 0 atom stereocenters. The monoisotopic (exact) mass is 247 g/mol. The Bertz CT molecular complexity index is 425. The number of nitrogens with one attached hydrogen (secondary N) is 1. The first-order chi connectivity index (χ1) is 8.68. The van der Waals surface area contributed by atoms with Gasteiger partial charge in [-0.05, 0) is 45.0 Å². The lowest BCUT2D eigenvalue weighted by Crippen LogP contribution is -2.25. The first-order valence-corrected chi connectivity index (χ1v) is 6.47. The van der Waals surface area contributed by atoms with Gasteiger partial charge in [-0.15, -0.1) is 0 Å². The standard InChI is InChI=1S/C14H21N3O/c1-11(15)14-12(16)5-4-6-13(14)18-10-9-17-7-2-3-8-17/h4-6,15H,2-3,7-10,16H2,1H3. The molecule has 0 aromatic heterocycles. The van der Waals surface area contributed by atoms with Crippen molar-refractivity contribution < 1.29 is 4.74 Å². The number of hydrogen-bond donors (Lipinski definition) is 2. The molecule has 1 heterocycles. The third-order valence-corrected chi connectivity index (χ3v) is 3.30. The molecular formula is C14H21N3O. The van der Waals surface area contributed by atoms with Crippen LogP contribution in [-0.4, -0.2) is 36.9 Å². The molecule has 18 heavy (non-hydrogen) atoms. The zero-order chi connectivity index (χ0) is 13.0. The van der Waals surface area contributed by atoms with Crippen molar-refractivity contribution in [3.8, 4) is 5.75 Å². The third-order valence-electron chi connectivity index (χ3n) is 3.30. The summed E-state index contributed by atoms with van der Waals surface area (Å²) in [6.07, 6.45) is 2.59. The molecule has 0 spiro atoms. The van der Waals surface area contributed by atoms with Crippen molar-refractivity contribution in [1.29, 1.82) is 5.41 Å². The molecule has 1 fully saturated rings. The Morgan fingerprint density at radius 2 is 2.11 bits per heavy atom. The van der Waals surface area contributed by atoms with Crippen molar-refractivity contribution in [2.75, 3.05) is 32.0 Å². The van der Waals surface area contributed by atoms with Crippen molar-refractivity contribution in [2.45, 2.75) is 19.8 Å². The minimum Gasteiger partial charge on any atom is -0.491 e. The van der Waals surface area contributed by atoms with Gasteiger partial charge in [0.15, 0.2) is 0 Å². The topological polar surface area (TPSA) is 62.3 Å². The number of likely N-dealkylation sites (tertiary alicyclic amines) is 1. The van der Waals surface area contributed by atoms with E-state index in [1.54, 1.807) is 13.0 Å². The molecule has 98 valence electrons. The van der Waals surface area contributed by atoms with Gasteiger partial charge < -0.3 is 15.9 Å². The fraction of sp³-hybridized carbons (Fsp3) is 0.500. The predicted molar refractivity (Wildman–Crippen MR) is 74.5 cm³/mol. The van der Waals surface area contributed by atoms with E-state index in [1.807, 2.05) is 12.1 Å². The molecule has 4 heteroatoms. The van der Waals surface area contributed by atoms with Gasteiger partial charge in [0.05, 0.1) is 5.56 Å². The van der Waals surface area contributed by atoms with Gasteiger partial charge in [-0.2, -0.15) is 0 Å². The lowest BCUT2D eigenvalue weighted by molar-refractivity contribution is 0.237. The highest BCUT2D eigenvalue weighted by atomic mass is 16.5. The van der Waals surface area contributed by atoms with Crippen LogP contribution in [0.3, 0.4) is 0 Å². The van der Waals surface area contributed by atoms with E-state index < -0.39 is 0 Å². The maximum atomic E-state index is 7.75.